The molecule has 2 saturated heterocycles. The van der Waals surface area contributed by atoms with Crippen LogP contribution in [0.1, 0.15) is 50.1 Å². The van der Waals surface area contributed by atoms with Crippen molar-refractivity contribution >= 4 is 28.8 Å². The van der Waals surface area contributed by atoms with Crippen LogP contribution in [0.5, 0.6) is 0 Å². The van der Waals surface area contributed by atoms with Crippen LogP contribution in [-0.2, 0) is 27.9 Å². The van der Waals surface area contributed by atoms with E-state index in [2.05, 4.69) is 10.2 Å². The van der Waals surface area contributed by atoms with E-state index in [1.807, 2.05) is 23.1 Å². The number of nitrogens with two attached hydrogens (primary N) is 1. The second kappa shape index (κ2) is 10.2. The van der Waals surface area contributed by atoms with Gasteiger partial charge >= 0.3 is 5.69 Å². The predicted molar refractivity (Wildman–Crippen MR) is 135 cm³/mol. The van der Waals surface area contributed by atoms with E-state index < -0.39 is 11.9 Å². The number of carbonyl (C=O) groups excluding carboxylic acids is 3. The van der Waals surface area contributed by atoms with E-state index in [-0.39, 0.29) is 30.0 Å². The number of benzene rings is 1. The van der Waals surface area contributed by atoms with Crippen molar-refractivity contribution < 1.29 is 14.4 Å². The molecule has 2 aromatic rings. The van der Waals surface area contributed by atoms with Crippen molar-refractivity contribution in [2.45, 2.75) is 57.0 Å². The largest absolute Gasteiger partial charge is 0.340 e. The first-order chi connectivity index (χ1) is 17.3. The van der Waals surface area contributed by atoms with Gasteiger partial charge in [0.05, 0.1) is 11.0 Å². The Labute approximate surface area is 210 Å². The van der Waals surface area contributed by atoms with Crippen LogP contribution in [0, 0.1) is 5.92 Å². The van der Waals surface area contributed by atoms with Gasteiger partial charge in [0.15, 0.2) is 0 Å². The first kappa shape index (κ1) is 24.7. The summed E-state index contributed by atoms with van der Waals surface area (Å²) < 4.78 is 3.09. The maximum Gasteiger partial charge on any atom is 0.329 e. The number of imidazole rings is 1. The van der Waals surface area contributed by atoms with Gasteiger partial charge in [-0.15, -0.1) is 0 Å². The Balaban J connectivity index is 1.19. The lowest BCUT2D eigenvalue weighted by Gasteiger charge is -2.37. The topological polar surface area (TPSA) is 123 Å². The van der Waals surface area contributed by atoms with E-state index in [0.717, 1.165) is 75.9 Å². The van der Waals surface area contributed by atoms with E-state index in [1.54, 1.807) is 11.6 Å². The van der Waals surface area contributed by atoms with Gasteiger partial charge in [-0.2, -0.15) is 0 Å². The lowest BCUT2D eigenvalue weighted by molar-refractivity contribution is -0.138. The summed E-state index contributed by atoms with van der Waals surface area (Å²) in [5.74, 6) is -0.277. The summed E-state index contributed by atoms with van der Waals surface area (Å²) in [7, 11) is 1.72. The molecule has 3 aliphatic rings. The zero-order valence-corrected chi connectivity index (χ0v) is 20.9. The monoisotopic (exact) mass is 496 g/mol. The number of amides is 3. The van der Waals surface area contributed by atoms with Crippen LogP contribution in [0.2, 0.25) is 0 Å². The number of aromatic nitrogens is 2. The number of hydrogen-bond acceptors (Lipinski definition) is 6. The Morgan fingerprint density at radius 3 is 2.42 bits per heavy atom. The van der Waals surface area contributed by atoms with Gasteiger partial charge in [0, 0.05) is 58.2 Å². The third kappa shape index (κ3) is 4.84. The fraction of sp³-hybridized carbons (Fsp3) is 0.615. The van der Waals surface area contributed by atoms with Crippen molar-refractivity contribution in [1.82, 2.24) is 24.3 Å². The van der Waals surface area contributed by atoms with Crippen LogP contribution in [0.4, 0.5) is 0 Å². The summed E-state index contributed by atoms with van der Waals surface area (Å²) in [6.45, 7) is 4.15. The summed E-state index contributed by atoms with van der Waals surface area (Å²) in [5, 5.41) is 2.35. The molecule has 2 aliphatic heterocycles. The molecule has 10 nitrogen and oxygen atoms in total. The Morgan fingerprint density at radius 1 is 1.00 bits per heavy atom. The molecule has 10 heteroatoms. The molecular weight excluding hydrogens is 460 g/mol. The van der Waals surface area contributed by atoms with Crippen LogP contribution in [0.3, 0.4) is 0 Å². The molecule has 3 amide bonds. The average Bonchev–Trinajstić information content (AvgIpc) is 3.12. The molecule has 5 rings (SSSR count). The quantitative estimate of drug-likeness (QED) is 0.582. The van der Waals surface area contributed by atoms with Gasteiger partial charge < -0.3 is 10.6 Å². The lowest BCUT2D eigenvalue weighted by Crippen LogP contribution is -2.51. The number of hydrogen-bond donors (Lipinski definition) is 2. The highest BCUT2D eigenvalue weighted by atomic mass is 16.2. The van der Waals surface area contributed by atoms with Gasteiger partial charge in [-0.1, -0.05) is 6.07 Å². The van der Waals surface area contributed by atoms with Gasteiger partial charge in [-0.05, 0) is 56.2 Å². The fourth-order valence-electron chi connectivity index (χ4n) is 5.90. The zero-order valence-electron chi connectivity index (χ0n) is 20.9. The Morgan fingerprint density at radius 2 is 1.72 bits per heavy atom. The molecule has 1 unspecified atom stereocenters. The molecular formula is C26H36N6O4. The normalized spacial score (nSPS) is 25.8. The molecule has 3 heterocycles. The second-order valence-electron chi connectivity index (χ2n) is 10.5. The van der Waals surface area contributed by atoms with Crippen LogP contribution in [-0.4, -0.2) is 75.4 Å². The van der Waals surface area contributed by atoms with E-state index in [4.69, 9.17) is 5.73 Å². The summed E-state index contributed by atoms with van der Waals surface area (Å²) in [4.78, 5) is 54.2. The molecule has 0 bridgehead atoms. The van der Waals surface area contributed by atoms with Crippen molar-refractivity contribution in [3.05, 3.63) is 34.2 Å². The summed E-state index contributed by atoms with van der Waals surface area (Å²) in [6, 6.07) is 5.52. The molecule has 1 aromatic carbocycles. The van der Waals surface area contributed by atoms with E-state index in [0.29, 0.717) is 17.8 Å². The molecule has 36 heavy (non-hydrogen) atoms. The van der Waals surface area contributed by atoms with Gasteiger partial charge in [-0.25, -0.2) is 4.79 Å². The molecule has 194 valence electrons. The minimum absolute atomic E-state index is 0.141. The number of nitrogens with one attached hydrogen (secondary N) is 1. The van der Waals surface area contributed by atoms with Crippen LogP contribution in [0.25, 0.3) is 11.0 Å². The molecule has 0 radical (unpaired) electrons. The molecule has 1 atom stereocenters. The molecule has 3 N–H and O–H groups in total. The maximum atomic E-state index is 13.0. The third-order valence-corrected chi connectivity index (χ3v) is 8.20. The summed E-state index contributed by atoms with van der Waals surface area (Å²) in [5.41, 5.74) is 8.35. The Hall–Kier alpha value is -2.98. The summed E-state index contributed by atoms with van der Waals surface area (Å²) >= 11 is 0. The number of carbonyl (C=O) groups is 3. The molecule has 1 saturated carbocycles. The smallest absolute Gasteiger partial charge is 0.329 e. The molecule has 3 fully saturated rings. The van der Waals surface area contributed by atoms with Crippen molar-refractivity contribution in [3.8, 4) is 0 Å². The summed E-state index contributed by atoms with van der Waals surface area (Å²) in [6.07, 6.45) is 5.11. The molecule has 1 aliphatic carbocycles. The average molecular weight is 497 g/mol. The SMILES string of the molecule is Cn1c(=O)n(C2CCC(=O)NC2=O)c2ccc(CCN3CCN(C(=O)C4CCC(N)CC4)CC3)cc21. The zero-order chi connectivity index (χ0) is 25.4. The van der Waals surface area contributed by atoms with Gasteiger partial charge in [0.25, 0.3) is 0 Å². The number of imide groups is 1. The maximum absolute atomic E-state index is 13.0. The number of piperidine rings is 1. The minimum atomic E-state index is -0.672. The second-order valence-corrected chi connectivity index (χ2v) is 10.5. The Bertz CT molecular complexity index is 1220. The van der Waals surface area contributed by atoms with E-state index in [1.165, 1.54) is 4.57 Å². The first-order valence-corrected chi connectivity index (χ1v) is 13.1. The van der Waals surface area contributed by atoms with Crippen LogP contribution in [0.15, 0.2) is 23.0 Å². The highest BCUT2D eigenvalue weighted by Crippen LogP contribution is 2.26. The number of nitrogens with zero attached hydrogens (tertiary/aromatic N) is 4. The standard InChI is InChI=1S/C26H36N6O4/c1-29-22-16-17(2-7-20(22)32(26(29)36)21-8-9-23(33)28-24(21)34)10-11-30-12-14-31(15-13-30)25(35)18-3-5-19(27)6-4-18/h2,7,16,18-19,21H,3-6,8-15,27H2,1H3,(H,28,33,34). The van der Waals surface area contributed by atoms with Crippen molar-refractivity contribution in [1.29, 1.82) is 0 Å². The van der Waals surface area contributed by atoms with Crippen molar-refractivity contribution in [2.75, 3.05) is 32.7 Å². The highest BCUT2D eigenvalue weighted by Gasteiger charge is 2.32. The van der Waals surface area contributed by atoms with Crippen LogP contribution < -0.4 is 16.7 Å². The minimum Gasteiger partial charge on any atom is -0.340 e. The molecule has 0 spiro atoms. The van der Waals surface area contributed by atoms with E-state index in [9.17, 15) is 19.2 Å². The third-order valence-electron chi connectivity index (χ3n) is 8.20. The fourth-order valence-corrected chi connectivity index (χ4v) is 5.90. The van der Waals surface area contributed by atoms with Crippen molar-refractivity contribution in [2.24, 2.45) is 18.7 Å². The number of fused-ring (bicyclic) bond motifs is 1. The van der Waals surface area contributed by atoms with Crippen LogP contribution >= 0.6 is 0 Å². The number of aryl methyl sites for hydroxylation is 1. The van der Waals surface area contributed by atoms with Crippen molar-refractivity contribution in [3.63, 3.8) is 0 Å². The van der Waals surface area contributed by atoms with Gasteiger partial charge in [-0.3, -0.25) is 33.7 Å². The first-order valence-electron chi connectivity index (χ1n) is 13.1. The predicted octanol–water partition coefficient (Wildman–Crippen LogP) is 0.522. The van der Waals surface area contributed by atoms with Gasteiger partial charge in [0.2, 0.25) is 17.7 Å². The van der Waals surface area contributed by atoms with Gasteiger partial charge in [0.1, 0.15) is 6.04 Å². The number of rotatable bonds is 5. The van der Waals surface area contributed by atoms with E-state index >= 15 is 0 Å². The molecule has 1 aromatic heterocycles. The lowest BCUT2D eigenvalue weighted by atomic mass is 9.85. The highest BCUT2D eigenvalue weighted by molar-refractivity contribution is 6.00. The number of piperazine rings is 1. The Kier molecular flexibility index (Phi) is 6.98.